The van der Waals surface area contributed by atoms with Gasteiger partial charge in [0.25, 0.3) is 11.5 Å². The molecule has 0 aliphatic carbocycles. The molecular weight excluding hydrogens is 283 g/mol. The van der Waals surface area contributed by atoms with Crippen molar-refractivity contribution in [1.82, 2.24) is 9.88 Å². The smallest absolute Gasteiger partial charge is 0.254 e. The molecule has 6 heteroatoms. The van der Waals surface area contributed by atoms with Crippen molar-refractivity contribution >= 4 is 17.5 Å². The highest BCUT2D eigenvalue weighted by molar-refractivity contribution is 6.33. The minimum atomic E-state index is -0.394. The second-order valence-corrected chi connectivity index (χ2v) is 4.70. The number of pyridine rings is 1. The normalized spacial score (nSPS) is 10.3. The van der Waals surface area contributed by atoms with Crippen LogP contribution in [0.4, 0.5) is 4.39 Å². The molecule has 0 unspecified atom stereocenters. The third-order valence-electron chi connectivity index (χ3n) is 2.79. The Hall–Kier alpha value is -2.14. The fraction of sp³-hybridized carbons (Fsp3) is 0.143. The first kappa shape index (κ1) is 14.3. The van der Waals surface area contributed by atoms with E-state index in [0.29, 0.717) is 0 Å². The van der Waals surface area contributed by atoms with Crippen LogP contribution in [0.25, 0.3) is 0 Å². The fourth-order valence-electron chi connectivity index (χ4n) is 1.65. The quantitative estimate of drug-likeness (QED) is 0.942. The van der Waals surface area contributed by atoms with Crippen LogP contribution >= 0.6 is 11.6 Å². The van der Waals surface area contributed by atoms with E-state index in [1.807, 2.05) is 0 Å². The van der Waals surface area contributed by atoms with Gasteiger partial charge >= 0.3 is 0 Å². The molecule has 1 aromatic heterocycles. The van der Waals surface area contributed by atoms with Crippen LogP contribution in [-0.2, 0) is 13.6 Å². The maximum Gasteiger partial charge on any atom is 0.254 e. The van der Waals surface area contributed by atoms with Gasteiger partial charge in [-0.3, -0.25) is 9.59 Å². The summed E-state index contributed by atoms with van der Waals surface area (Å²) in [6.07, 6.45) is 1.38. The second-order valence-electron chi connectivity index (χ2n) is 4.29. The Balaban J connectivity index is 2.11. The molecule has 1 N–H and O–H groups in total. The number of rotatable bonds is 3. The van der Waals surface area contributed by atoms with E-state index < -0.39 is 5.91 Å². The Morgan fingerprint density at radius 2 is 2.00 bits per heavy atom. The van der Waals surface area contributed by atoms with Gasteiger partial charge in [0.2, 0.25) is 0 Å². The van der Waals surface area contributed by atoms with Crippen molar-refractivity contribution in [3.05, 3.63) is 68.8 Å². The molecule has 104 valence electrons. The topological polar surface area (TPSA) is 51.1 Å². The molecule has 2 rings (SSSR count). The number of carbonyl (C=O) groups excluding carboxylic acids is 1. The van der Waals surface area contributed by atoms with E-state index >= 15 is 0 Å². The molecule has 1 heterocycles. The molecule has 0 saturated carbocycles. The van der Waals surface area contributed by atoms with Crippen molar-refractivity contribution in [2.75, 3.05) is 0 Å². The summed E-state index contributed by atoms with van der Waals surface area (Å²) in [6, 6.07) is 6.99. The van der Waals surface area contributed by atoms with Crippen LogP contribution in [0.1, 0.15) is 15.9 Å². The number of hydrogen-bond donors (Lipinski definition) is 1. The number of nitrogens with one attached hydrogen (secondary N) is 1. The Bertz CT molecular complexity index is 695. The average Bonchev–Trinajstić information content (AvgIpc) is 2.42. The van der Waals surface area contributed by atoms with Crippen LogP contribution in [0.15, 0.2) is 41.3 Å². The van der Waals surface area contributed by atoms with Gasteiger partial charge in [-0.25, -0.2) is 4.39 Å². The summed E-state index contributed by atoms with van der Waals surface area (Å²) in [6.45, 7) is 0.248. The van der Waals surface area contributed by atoms with Crippen LogP contribution in [0.5, 0.6) is 0 Å². The van der Waals surface area contributed by atoms with E-state index in [-0.39, 0.29) is 28.5 Å². The van der Waals surface area contributed by atoms with Gasteiger partial charge in [-0.05, 0) is 17.7 Å². The monoisotopic (exact) mass is 294 g/mol. The van der Waals surface area contributed by atoms with Crippen LogP contribution in [0.3, 0.4) is 0 Å². The number of benzene rings is 1. The number of amides is 1. The maximum absolute atomic E-state index is 12.7. The Kier molecular flexibility index (Phi) is 4.20. The predicted octanol–water partition coefficient (Wildman–Crippen LogP) is 2.11. The van der Waals surface area contributed by atoms with Crippen molar-refractivity contribution in [3.63, 3.8) is 0 Å². The van der Waals surface area contributed by atoms with Gasteiger partial charge in [-0.2, -0.15) is 0 Å². The fourth-order valence-corrected chi connectivity index (χ4v) is 1.88. The van der Waals surface area contributed by atoms with Crippen LogP contribution in [0.2, 0.25) is 5.02 Å². The first-order valence-corrected chi connectivity index (χ1v) is 6.24. The van der Waals surface area contributed by atoms with Gasteiger partial charge in [-0.1, -0.05) is 23.7 Å². The predicted molar refractivity (Wildman–Crippen MR) is 74.3 cm³/mol. The van der Waals surface area contributed by atoms with Crippen LogP contribution in [0, 0.1) is 5.82 Å². The molecule has 4 nitrogen and oxygen atoms in total. The molecule has 0 saturated heterocycles. The summed E-state index contributed by atoms with van der Waals surface area (Å²) in [5, 5.41) is 2.76. The third kappa shape index (κ3) is 3.24. The SMILES string of the molecule is Cn1cc(C(=O)NCc2ccc(F)cc2)c(Cl)cc1=O. The number of halogens is 2. The van der Waals surface area contributed by atoms with Crippen molar-refractivity contribution in [3.8, 4) is 0 Å². The standard InChI is InChI=1S/C14H12ClFN2O2/c1-18-8-11(12(15)6-13(18)19)14(20)17-7-9-2-4-10(16)5-3-9/h2-6,8H,7H2,1H3,(H,17,20). The summed E-state index contributed by atoms with van der Waals surface area (Å²) in [4.78, 5) is 23.3. The summed E-state index contributed by atoms with van der Waals surface area (Å²) in [7, 11) is 1.54. The Labute approximate surface area is 119 Å². The molecular formula is C14H12ClFN2O2. The second kappa shape index (κ2) is 5.88. The Morgan fingerprint density at radius 1 is 1.35 bits per heavy atom. The molecule has 0 atom stereocenters. The van der Waals surface area contributed by atoms with Gasteiger partial charge in [0.05, 0.1) is 10.6 Å². The lowest BCUT2D eigenvalue weighted by atomic mass is 10.2. The van der Waals surface area contributed by atoms with Crippen LogP contribution < -0.4 is 10.9 Å². The molecule has 1 aromatic carbocycles. The first-order valence-electron chi connectivity index (χ1n) is 5.86. The van der Waals surface area contributed by atoms with Gasteiger partial charge < -0.3 is 9.88 Å². The summed E-state index contributed by atoms with van der Waals surface area (Å²) < 4.78 is 14.0. The van der Waals surface area contributed by atoms with Crippen molar-refractivity contribution < 1.29 is 9.18 Å². The lowest BCUT2D eigenvalue weighted by molar-refractivity contribution is 0.0950. The van der Waals surface area contributed by atoms with Crippen molar-refractivity contribution in [2.24, 2.45) is 7.05 Å². The summed E-state index contributed by atoms with van der Waals surface area (Å²) >= 11 is 5.88. The molecule has 20 heavy (non-hydrogen) atoms. The molecule has 1 amide bonds. The summed E-state index contributed by atoms with van der Waals surface area (Å²) in [5.41, 5.74) is 0.696. The summed E-state index contributed by atoms with van der Waals surface area (Å²) in [5.74, 6) is -0.726. The third-order valence-corrected chi connectivity index (χ3v) is 3.10. The largest absolute Gasteiger partial charge is 0.348 e. The highest BCUT2D eigenvalue weighted by Crippen LogP contribution is 2.12. The zero-order valence-electron chi connectivity index (χ0n) is 10.7. The van der Waals surface area contributed by atoms with Crippen molar-refractivity contribution in [1.29, 1.82) is 0 Å². The number of nitrogens with zero attached hydrogens (tertiary/aromatic N) is 1. The van der Waals surface area contributed by atoms with E-state index in [9.17, 15) is 14.0 Å². The zero-order chi connectivity index (χ0) is 14.7. The van der Waals surface area contributed by atoms with E-state index in [4.69, 9.17) is 11.6 Å². The van der Waals surface area contributed by atoms with E-state index in [1.165, 1.54) is 36.0 Å². The number of aryl methyl sites for hydroxylation is 1. The molecule has 0 aliphatic rings. The lowest BCUT2D eigenvalue weighted by Gasteiger charge is -2.08. The highest BCUT2D eigenvalue weighted by atomic mass is 35.5. The minimum Gasteiger partial charge on any atom is -0.348 e. The minimum absolute atomic E-state index is 0.102. The molecule has 0 aliphatic heterocycles. The van der Waals surface area contributed by atoms with Gasteiger partial charge in [0, 0.05) is 25.9 Å². The van der Waals surface area contributed by atoms with E-state index in [0.717, 1.165) is 5.56 Å². The Morgan fingerprint density at radius 3 is 2.65 bits per heavy atom. The highest BCUT2D eigenvalue weighted by Gasteiger charge is 2.11. The van der Waals surface area contributed by atoms with E-state index in [2.05, 4.69) is 5.32 Å². The number of hydrogen-bond acceptors (Lipinski definition) is 2. The van der Waals surface area contributed by atoms with Gasteiger partial charge in [-0.15, -0.1) is 0 Å². The number of aromatic nitrogens is 1. The average molecular weight is 295 g/mol. The molecule has 0 radical (unpaired) electrons. The van der Waals surface area contributed by atoms with Crippen LogP contribution in [-0.4, -0.2) is 10.5 Å². The van der Waals surface area contributed by atoms with Crippen molar-refractivity contribution in [2.45, 2.75) is 6.54 Å². The van der Waals surface area contributed by atoms with Gasteiger partial charge in [0.1, 0.15) is 5.82 Å². The molecule has 0 spiro atoms. The number of carbonyl (C=O) groups is 1. The molecule has 0 bridgehead atoms. The zero-order valence-corrected chi connectivity index (χ0v) is 11.4. The van der Waals surface area contributed by atoms with E-state index in [1.54, 1.807) is 12.1 Å². The maximum atomic E-state index is 12.7. The molecule has 2 aromatic rings. The molecule has 0 fully saturated rings. The first-order chi connectivity index (χ1) is 9.47. The van der Waals surface area contributed by atoms with Gasteiger partial charge in [0.15, 0.2) is 0 Å². The lowest BCUT2D eigenvalue weighted by Crippen LogP contribution is -2.26.